The zero-order valence-electron chi connectivity index (χ0n) is 16.0. The highest BCUT2D eigenvalue weighted by molar-refractivity contribution is 7.90. The van der Waals surface area contributed by atoms with E-state index in [2.05, 4.69) is 21.7 Å². The van der Waals surface area contributed by atoms with E-state index in [1.807, 2.05) is 13.1 Å². The van der Waals surface area contributed by atoms with Gasteiger partial charge in [-0.05, 0) is 56.4 Å². The van der Waals surface area contributed by atoms with Crippen LogP contribution in [0.2, 0.25) is 0 Å². The maximum Gasteiger partial charge on any atom is 0.285 e. The second-order valence-electron chi connectivity index (χ2n) is 7.00. The standard InChI is InChI=1S/C19H26N4O3S/c1-4-14-11-21-23(12-14)19(20-5-2)22-27(25,26)16-7-9-18-15(10-16)6-8-17(18)13(3)24/h7,9-11,14,17H,4-6,8,12H2,1-3H3,(H,20,22). The largest absolute Gasteiger partial charge is 0.354 e. The molecule has 1 N–H and O–H groups in total. The molecule has 7 nitrogen and oxygen atoms in total. The summed E-state index contributed by atoms with van der Waals surface area (Å²) >= 11 is 0. The highest BCUT2D eigenvalue weighted by Gasteiger charge is 2.28. The van der Waals surface area contributed by atoms with Crippen molar-refractivity contribution in [3.05, 3.63) is 29.3 Å². The number of Topliss-reactive ketones (excluding diaryl/α,β-unsaturated/α-hetero) is 1. The Hall–Kier alpha value is -2.22. The van der Waals surface area contributed by atoms with Gasteiger partial charge >= 0.3 is 0 Å². The van der Waals surface area contributed by atoms with Crippen LogP contribution in [0.1, 0.15) is 50.7 Å². The van der Waals surface area contributed by atoms with Crippen LogP contribution >= 0.6 is 0 Å². The van der Waals surface area contributed by atoms with Gasteiger partial charge in [0.2, 0.25) is 5.96 Å². The molecule has 0 aromatic heterocycles. The minimum Gasteiger partial charge on any atom is -0.354 e. The van der Waals surface area contributed by atoms with Crippen LogP contribution in [0.4, 0.5) is 0 Å². The van der Waals surface area contributed by atoms with Crippen molar-refractivity contribution in [2.75, 3.05) is 13.1 Å². The van der Waals surface area contributed by atoms with Crippen LogP contribution in [0.15, 0.2) is 32.6 Å². The van der Waals surface area contributed by atoms with E-state index >= 15 is 0 Å². The van der Waals surface area contributed by atoms with Gasteiger partial charge in [0.05, 0.1) is 11.4 Å². The summed E-state index contributed by atoms with van der Waals surface area (Å²) in [5, 5.41) is 8.90. The lowest BCUT2D eigenvalue weighted by molar-refractivity contribution is -0.118. The molecule has 1 aliphatic carbocycles. The van der Waals surface area contributed by atoms with Gasteiger partial charge in [0.15, 0.2) is 0 Å². The van der Waals surface area contributed by atoms with Crippen molar-refractivity contribution < 1.29 is 13.2 Å². The van der Waals surface area contributed by atoms with Crippen molar-refractivity contribution in [2.24, 2.45) is 15.4 Å². The quantitative estimate of drug-likeness (QED) is 0.615. The first-order chi connectivity index (χ1) is 12.9. The number of carbonyl (C=O) groups is 1. The summed E-state index contributed by atoms with van der Waals surface area (Å²) in [7, 11) is -3.88. The van der Waals surface area contributed by atoms with E-state index < -0.39 is 10.0 Å². The van der Waals surface area contributed by atoms with E-state index in [4.69, 9.17) is 0 Å². The molecule has 8 heteroatoms. The predicted octanol–water partition coefficient (Wildman–Crippen LogP) is 2.29. The van der Waals surface area contributed by atoms with Crippen LogP contribution in [0.5, 0.6) is 0 Å². The molecule has 1 aromatic carbocycles. The zero-order chi connectivity index (χ0) is 19.6. The number of hydrogen-bond acceptors (Lipinski definition) is 4. The third kappa shape index (κ3) is 4.05. The number of fused-ring (bicyclic) bond motifs is 1. The van der Waals surface area contributed by atoms with Crippen LogP contribution < -0.4 is 5.32 Å². The van der Waals surface area contributed by atoms with E-state index in [1.165, 1.54) is 0 Å². The van der Waals surface area contributed by atoms with Gasteiger partial charge in [-0.2, -0.15) is 13.5 Å². The average molecular weight is 391 g/mol. The normalized spacial score (nSPS) is 22.2. The molecule has 2 aliphatic rings. The van der Waals surface area contributed by atoms with Crippen molar-refractivity contribution in [2.45, 2.75) is 50.8 Å². The SMILES string of the molecule is CCN/C(=N\S(=O)(=O)c1ccc2c(c1)CCC2C(C)=O)N1CC(CC)C=N1. The number of benzene rings is 1. The third-order valence-corrected chi connectivity index (χ3v) is 6.38. The van der Waals surface area contributed by atoms with Gasteiger partial charge in [0, 0.05) is 24.6 Å². The molecule has 0 bridgehead atoms. The van der Waals surface area contributed by atoms with Gasteiger partial charge in [-0.1, -0.05) is 13.0 Å². The number of guanidine groups is 1. The van der Waals surface area contributed by atoms with Crippen molar-refractivity contribution in [3.63, 3.8) is 0 Å². The van der Waals surface area contributed by atoms with E-state index in [0.717, 1.165) is 24.0 Å². The van der Waals surface area contributed by atoms with E-state index in [-0.39, 0.29) is 22.6 Å². The fraction of sp³-hybridized carbons (Fsp3) is 0.526. The number of carbonyl (C=O) groups excluding carboxylic acids is 1. The molecule has 0 radical (unpaired) electrons. The minimum atomic E-state index is -3.88. The van der Waals surface area contributed by atoms with Crippen LogP contribution in [-0.2, 0) is 21.2 Å². The van der Waals surface area contributed by atoms with E-state index in [0.29, 0.717) is 25.4 Å². The molecule has 2 unspecified atom stereocenters. The molecule has 1 heterocycles. The summed E-state index contributed by atoms with van der Waals surface area (Å²) < 4.78 is 29.8. The summed E-state index contributed by atoms with van der Waals surface area (Å²) in [6.07, 6.45) is 4.22. The zero-order valence-corrected chi connectivity index (χ0v) is 16.8. The molecule has 3 rings (SSSR count). The van der Waals surface area contributed by atoms with Crippen molar-refractivity contribution in [1.29, 1.82) is 0 Å². The number of nitrogens with zero attached hydrogens (tertiary/aromatic N) is 3. The fourth-order valence-corrected chi connectivity index (χ4v) is 4.56. The number of hydrogen-bond donors (Lipinski definition) is 1. The average Bonchev–Trinajstić information content (AvgIpc) is 3.27. The topological polar surface area (TPSA) is 91.2 Å². The Balaban J connectivity index is 1.90. The number of rotatable bonds is 5. The maximum absolute atomic E-state index is 12.9. The molecular weight excluding hydrogens is 364 g/mol. The molecular formula is C19H26N4O3S. The van der Waals surface area contributed by atoms with Crippen LogP contribution in [0, 0.1) is 5.92 Å². The van der Waals surface area contributed by atoms with Gasteiger partial charge in [0.25, 0.3) is 10.0 Å². The molecule has 0 saturated heterocycles. The lowest BCUT2D eigenvalue weighted by Crippen LogP contribution is -2.38. The smallest absolute Gasteiger partial charge is 0.285 e. The van der Waals surface area contributed by atoms with Gasteiger partial charge < -0.3 is 5.32 Å². The van der Waals surface area contributed by atoms with Crippen molar-refractivity contribution in [1.82, 2.24) is 10.3 Å². The Bertz CT molecular complexity index is 892. The summed E-state index contributed by atoms with van der Waals surface area (Å²) in [6.45, 7) is 6.69. The highest BCUT2D eigenvalue weighted by Crippen LogP contribution is 2.35. The van der Waals surface area contributed by atoms with Gasteiger partial charge in [-0.25, -0.2) is 5.01 Å². The number of sulfonamides is 1. The van der Waals surface area contributed by atoms with Crippen molar-refractivity contribution >= 4 is 28.0 Å². The van der Waals surface area contributed by atoms with Gasteiger partial charge in [-0.15, -0.1) is 4.40 Å². The van der Waals surface area contributed by atoms with Crippen molar-refractivity contribution in [3.8, 4) is 0 Å². The molecule has 0 amide bonds. The first-order valence-electron chi connectivity index (χ1n) is 9.39. The van der Waals surface area contributed by atoms with E-state index in [9.17, 15) is 13.2 Å². The second-order valence-corrected chi connectivity index (χ2v) is 8.60. The minimum absolute atomic E-state index is 0.120. The summed E-state index contributed by atoms with van der Waals surface area (Å²) in [4.78, 5) is 11.9. The first-order valence-corrected chi connectivity index (χ1v) is 10.8. The molecule has 1 aliphatic heterocycles. The number of hydrazone groups is 1. The van der Waals surface area contributed by atoms with Gasteiger partial charge in [0.1, 0.15) is 5.78 Å². The Morgan fingerprint density at radius 2 is 2.15 bits per heavy atom. The summed E-state index contributed by atoms with van der Waals surface area (Å²) in [5.74, 6) is 0.531. The number of aryl methyl sites for hydroxylation is 1. The lowest BCUT2D eigenvalue weighted by Gasteiger charge is -2.18. The monoisotopic (exact) mass is 390 g/mol. The maximum atomic E-state index is 12.9. The Labute approximate surface area is 160 Å². The molecule has 2 atom stereocenters. The van der Waals surface area contributed by atoms with Crippen LogP contribution in [0.3, 0.4) is 0 Å². The molecule has 1 aromatic rings. The fourth-order valence-electron chi connectivity index (χ4n) is 3.54. The van der Waals surface area contributed by atoms with Crippen LogP contribution in [0.25, 0.3) is 0 Å². The Morgan fingerprint density at radius 1 is 1.37 bits per heavy atom. The van der Waals surface area contributed by atoms with Gasteiger partial charge in [-0.3, -0.25) is 4.79 Å². The Kier molecular flexibility index (Phi) is 5.64. The molecule has 0 saturated carbocycles. The second kappa shape index (κ2) is 7.80. The Morgan fingerprint density at radius 3 is 2.78 bits per heavy atom. The lowest BCUT2D eigenvalue weighted by atomic mass is 9.98. The summed E-state index contributed by atoms with van der Waals surface area (Å²) in [5.41, 5.74) is 1.86. The first kappa shape index (κ1) is 19.5. The molecule has 0 spiro atoms. The van der Waals surface area contributed by atoms with E-state index in [1.54, 1.807) is 30.1 Å². The number of nitrogens with one attached hydrogen (secondary N) is 1. The molecule has 146 valence electrons. The molecule has 0 fully saturated rings. The highest BCUT2D eigenvalue weighted by atomic mass is 32.2. The molecule has 27 heavy (non-hydrogen) atoms. The summed E-state index contributed by atoms with van der Waals surface area (Å²) in [6, 6.07) is 4.96. The van der Waals surface area contributed by atoms with Crippen LogP contribution in [-0.4, -0.2) is 44.5 Å². The predicted molar refractivity (Wildman–Crippen MR) is 105 cm³/mol. The number of ketones is 1. The third-order valence-electron chi connectivity index (χ3n) is 5.12.